The summed E-state index contributed by atoms with van der Waals surface area (Å²) in [6.07, 6.45) is 2.74. The van der Waals surface area contributed by atoms with Gasteiger partial charge in [0.1, 0.15) is 5.82 Å². The van der Waals surface area contributed by atoms with Crippen molar-refractivity contribution in [3.63, 3.8) is 0 Å². The topological polar surface area (TPSA) is 82.5 Å². The quantitative estimate of drug-likeness (QED) is 0.782. The van der Waals surface area contributed by atoms with Crippen LogP contribution >= 0.6 is 0 Å². The van der Waals surface area contributed by atoms with Gasteiger partial charge in [0.05, 0.1) is 5.69 Å². The molecule has 0 radical (unpaired) electrons. The summed E-state index contributed by atoms with van der Waals surface area (Å²) in [6, 6.07) is 10.2. The maximum absolute atomic E-state index is 13.4. The molecule has 1 N–H and O–H groups in total. The van der Waals surface area contributed by atoms with E-state index in [-0.39, 0.29) is 18.2 Å². The van der Waals surface area contributed by atoms with Crippen LogP contribution in [0.2, 0.25) is 0 Å². The molecule has 2 aromatic carbocycles. The van der Waals surface area contributed by atoms with Crippen LogP contribution < -0.4 is 20.3 Å². The van der Waals surface area contributed by atoms with E-state index in [4.69, 9.17) is 9.47 Å². The Hall–Kier alpha value is -3.68. The standard InChI is InChI=1S/C18H12FN3O4/c19-12-2-1-3-13(9-12)22-7-6-20-16(18(22)24)21-17(23)11-4-5-14-15(8-11)26-10-25-14/h1-9H,10H2,(H,20,21,23). The molecule has 1 aliphatic rings. The van der Waals surface area contributed by atoms with E-state index >= 15 is 0 Å². The smallest absolute Gasteiger partial charge is 0.298 e. The molecule has 1 aliphatic heterocycles. The number of amides is 1. The molecule has 130 valence electrons. The number of halogens is 1. The Labute approximate surface area is 146 Å². The van der Waals surface area contributed by atoms with Gasteiger partial charge in [0, 0.05) is 18.0 Å². The Morgan fingerprint density at radius 2 is 2.00 bits per heavy atom. The highest BCUT2D eigenvalue weighted by Crippen LogP contribution is 2.32. The predicted octanol–water partition coefficient (Wildman–Crippen LogP) is 2.35. The van der Waals surface area contributed by atoms with Gasteiger partial charge in [-0.3, -0.25) is 14.2 Å². The van der Waals surface area contributed by atoms with Crippen LogP contribution in [-0.2, 0) is 0 Å². The number of nitrogens with zero attached hydrogens (tertiary/aromatic N) is 2. The van der Waals surface area contributed by atoms with E-state index < -0.39 is 17.3 Å². The molecule has 0 atom stereocenters. The van der Waals surface area contributed by atoms with Gasteiger partial charge in [-0.25, -0.2) is 9.37 Å². The van der Waals surface area contributed by atoms with Crippen molar-refractivity contribution in [1.82, 2.24) is 9.55 Å². The van der Waals surface area contributed by atoms with Crippen LogP contribution in [0.3, 0.4) is 0 Å². The van der Waals surface area contributed by atoms with E-state index in [0.29, 0.717) is 17.2 Å². The Bertz CT molecular complexity index is 1060. The summed E-state index contributed by atoms with van der Waals surface area (Å²) in [5.74, 6) is -0.162. The zero-order valence-corrected chi connectivity index (χ0v) is 13.3. The highest BCUT2D eigenvalue weighted by atomic mass is 19.1. The van der Waals surface area contributed by atoms with Crippen LogP contribution in [0, 0.1) is 5.82 Å². The van der Waals surface area contributed by atoms with Crippen LogP contribution in [0.4, 0.5) is 10.2 Å². The van der Waals surface area contributed by atoms with Gasteiger partial charge in [0.2, 0.25) is 6.79 Å². The van der Waals surface area contributed by atoms with Crippen LogP contribution in [0.25, 0.3) is 5.69 Å². The van der Waals surface area contributed by atoms with Gasteiger partial charge < -0.3 is 14.8 Å². The first-order valence-electron chi connectivity index (χ1n) is 7.66. The van der Waals surface area contributed by atoms with Crippen molar-refractivity contribution in [3.05, 3.63) is 76.6 Å². The molecule has 0 saturated heterocycles. The molecule has 0 unspecified atom stereocenters. The molecule has 2 heterocycles. The lowest BCUT2D eigenvalue weighted by molar-refractivity contribution is 0.102. The fraction of sp³-hybridized carbons (Fsp3) is 0.0556. The van der Waals surface area contributed by atoms with Crippen molar-refractivity contribution in [2.24, 2.45) is 0 Å². The fourth-order valence-electron chi connectivity index (χ4n) is 2.54. The number of fused-ring (bicyclic) bond motifs is 1. The minimum absolute atomic E-state index is 0.0962. The number of ether oxygens (including phenoxy) is 2. The molecular weight excluding hydrogens is 341 g/mol. The summed E-state index contributed by atoms with van der Waals surface area (Å²) in [4.78, 5) is 28.9. The lowest BCUT2D eigenvalue weighted by atomic mass is 10.2. The second-order valence-electron chi connectivity index (χ2n) is 5.45. The maximum atomic E-state index is 13.4. The summed E-state index contributed by atoms with van der Waals surface area (Å²) in [7, 11) is 0. The number of carbonyl (C=O) groups excluding carboxylic acids is 1. The molecule has 7 nitrogen and oxygen atoms in total. The minimum atomic E-state index is -0.577. The van der Waals surface area contributed by atoms with Crippen molar-refractivity contribution in [2.45, 2.75) is 0 Å². The van der Waals surface area contributed by atoms with Crippen LogP contribution in [0.1, 0.15) is 10.4 Å². The lowest BCUT2D eigenvalue weighted by Crippen LogP contribution is -2.26. The van der Waals surface area contributed by atoms with Crippen molar-refractivity contribution < 1.29 is 18.7 Å². The predicted molar refractivity (Wildman–Crippen MR) is 90.3 cm³/mol. The van der Waals surface area contributed by atoms with Gasteiger partial charge in [-0.1, -0.05) is 6.07 Å². The van der Waals surface area contributed by atoms with Gasteiger partial charge in [0.15, 0.2) is 17.3 Å². The highest BCUT2D eigenvalue weighted by molar-refractivity contribution is 6.04. The van der Waals surface area contributed by atoms with E-state index in [1.54, 1.807) is 18.2 Å². The Morgan fingerprint density at radius 3 is 2.85 bits per heavy atom. The van der Waals surface area contributed by atoms with Gasteiger partial charge in [-0.05, 0) is 36.4 Å². The normalized spacial score (nSPS) is 12.0. The molecule has 0 spiro atoms. The Kier molecular flexibility index (Phi) is 3.85. The van der Waals surface area contributed by atoms with Gasteiger partial charge in [-0.15, -0.1) is 0 Å². The molecular formula is C18H12FN3O4. The Morgan fingerprint density at radius 1 is 1.15 bits per heavy atom. The molecule has 3 aromatic rings. The van der Waals surface area contributed by atoms with Gasteiger partial charge in [0.25, 0.3) is 11.5 Å². The average Bonchev–Trinajstić information content (AvgIpc) is 3.11. The van der Waals surface area contributed by atoms with Crippen molar-refractivity contribution >= 4 is 11.7 Å². The van der Waals surface area contributed by atoms with E-state index in [9.17, 15) is 14.0 Å². The second kappa shape index (κ2) is 6.32. The Balaban J connectivity index is 1.64. The lowest BCUT2D eigenvalue weighted by Gasteiger charge is -2.09. The fourth-order valence-corrected chi connectivity index (χ4v) is 2.54. The van der Waals surface area contributed by atoms with E-state index in [1.807, 2.05) is 0 Å². The number of aromatic nitrogens is 2. The zero-order valence-electron chi connectivity index (χ0n) is 13.3. The SMILES string of the molecule is O=C(Nc1nccn(-c2cccc(F)c2)c1=O)c1ccc2c(c1)OCO2. The summed E-state index contributed by atoms with van der Waals surface area (Å²) >= 11 is 0. The van der Waals surface area contributed by atoms with Crippen LogP contribution in [0.5, 0.6) is 11.5 Å². The van der Waals surface area contributed by atoms with Crippen molar-refractivity contribution in [1.29, 1.82) is 0 Å². The number of rotatable bonds is 3. The van der Waals surface area contributed by atoms with Crippen molar-refractivity contribution in [3.8, 4) is 17.2 Å². The summed E-state index contributed by atoms with van der Waals surface area (Å²) < 4.78 is 25.0. The summed E-state index contributed by atoms with van der Waals surface area (Å²) in [6.45, 7) is 0.0962. The minimum Gasteiger partial charge on any atom is -0.454 e. The molecule has 4 rings (SSSR count). The number of hydrogen-bond donors (Lipinski definition) is 1. The number of carbonyl (C=O) groups is 1. The first kappa shape index (κ1) is 15.8. The molecule has 0 bridgehead atoms. The zero-order chi connectivity index (χ0) is 18.1. The summed E-state index contributed by atoms with van der Waals surface area (Å²) in [5, 5.41) is 2.47. The number of nitrogens with one attached hydrogen (secondary N) is 1. The highest BCUT2D eigenvalue weighted by Gasteiger charge is 2.17. The van der Waals surface area contributed by atoms with Gasteiger partial charge >= 0.3 is 0 Å². The monoisotopic (exact) mass is 353 g/mol. The van der Waals surface area contributed by atoms with Crippen LogP contribution in [0.15, 0.2) is 59.7 Å². The first-order chi connectivity index (χ1) is 12.6. The largest absolute Gasteiger partial charge is 0.454 e. The van der Waals surface area contributed by atoms with E-state index in [2.05, 4.69) is 10.3 Å². The average molecular weight is 353 g/mol. The molecule has 8 heteroatoms. The molecule has 0 fully saturated rings. The molecule has 1 amide bonds. The molecule has 0 saturated carbocycles. The van der Waals surface area contributed by atoms with E-state index in [1.165, 1.54) is 41.2 Å². The molecule has 0 aliphatic carbocycles. The number of benzene rings is 2. The molecule has 1 aromatic heterocycles. The third-order valence-electron chi connectivity index (χ3n) is 3.79. The number of hydrogen-bond acceptors (Lipinski definition) is 5. The van der Waals surface area contributed by atoms with Gasteiger partial charge in [-0.2, -0.15) is 0 Å². The second-order valence-corrected chi connectivity index (χ2v) is 5.45. The maximum Gasteiger partial charge on any atom is 0.298 e. The molecule has 26 heavy (non-hydrogen) atoms. The van der Waals surface area contributed by atoms with Crippen LogP contribution in [-0.4, -0.2) is 22.3 Å². The van der Waals surface area contributed by atoms with Crippen molar-refractivity contribution in [2.75, 3.05) is 12.1 Å². The van der Waals surface area contributed by atoms with E-state index in [0.717, 1.165) is 0 Å². The third kappa shape index (κ3) is 2.88. The summed E-state index contributed by atoms with van der Waals surface area (Å²) in [5.41, 5.74) is 0.0415. The third-order valence-corrected chi connectivity index (χ3v) is 3.79. The number of anilines is 1. The first-order valence-corrected chi connectivity index (χ1v) is 7.66.